The van der Waals surface area contributed by atoms with E-state index in [0.717, 1.165) is 30.5 Å². The Morgan fingerprint density at radius 1 is 1.38 bits per heavy atom. The topological polar surface area (TPSA) is 28.2 Å². The number of nitrogens with one attached hydrogen (secondary N) is 1. The lowest BCUT2D eigenvalue weighted by Gasteiger charge is -2.17. The first-order chi connectivity index (χ1) is 7.61. The van der Waals surface area contributed by atoms with Gasteiger partial charge in [-0.3, -0.25) is 0 Å². The van der Waals surface area contributed by atoms with Crippen LogP contribution in [0.3, 0.4) is 0 Å². The van der Waals surface area contributed by atoms with Crippen molar-refractivity contribution in [2.24, 2.45) is 5.92 Å². The smallest absolute Gasteiger partial charge is 0.126 e. The molecule has 16 heavy (non-hydrogen) atoms. The van der Waals surface area contributed by atoms with Crippen LogP contribution >= 0.6 is 0 Å². The number of anilines is 1. The molecule has 1 rings (SSSR count). The van der Waals surface area contributed by atoms with Crippen LogP contribution in [0.1, 0.15) is 26.0 Å². The highest BCUT2D eigenvalue weighted by atomic mass is 15.1. The summed E-state index contributed by atoms with van der Waals surface area (Å²) < 4.78 is 0. The Bertz CT molecular complexity index is 310. The fourth-order valence-corrected chi connectivity index (χ4v) is 1.54. The minimum absolute atomic E-state index is 0.763. The molecule has 0 radical (unpaired) electrons. The SMILES string of the molecule is CNc1cccc(CN(C)CCC(C)C)n1. The maximum atomic E-state index is 4.51. The minimum Gasteiger partial charge on any atom is -0.373 e. The fraction of sp³-hybridized carbons (Fsp3) is 0.615. The lowest BCUT2D eigenvalue weighted by atomic mass is 10.1. The quantitative estimate of drug-likeness (QED) is 0.800. The summed E-state index contributed by atoms with van der Waals surface area (Å²) in [6.07, 6.45) is 1.24. The molecule has 0 aliphatic carbocycles. The molecule has 0 saturated heterocycles. The maximum Gasteiger partial charge on any atom is 0.126 e. The number of hydrogen-bond acceptors (Lipinski definition) is 3. The van der Waals surface area contributed by atoms with Crippen LogP contribution in [-0.4, -0.2) is 30.5 Å². The second-order valence-electron chi connectivity index (χ2n) is 4.68. The molecule has 1 heterocycles. The van der Waals surface area contributed by atoms with Gasteiger partial charge in [0, 0.05) is 13.6 Å². The van der Waals surface area contributed by atoms with Gasteiger partial charge in [-0.15, -0.1) is 0 Å². The third kappa shape index (κ3) is 4.62. The molecule has 0 amide bonds. The second-order valence-corrected chi connectivity index (χ2v) is 4.68. The van der Waals surface area contributed by atoms with Crippen molar-refractivity contribution in [3.8, 4) is 0 Å². The molecule has 0 fully saturated rings. The fourth-order valence-electron chi connectivity index (χ4n) is 1.54. The minimum atomic E-state index is 0.763. The molecule has 0 bridgehead atoms. The van der Waals surface area contributed by atoms with Crippen LogP contribution in [0.2, 0.25) is 0 Å². The first kappa shape index (κ1) is 13.0. The largest absolute Gasteiger partial charge is 0.373 e. The van der Waals surface area contributed by atoms with E-state index in [1.54, 1.807) is 0 Å². The molecule has 1 N–H and O–H groups in total. The van der Waals surface area contributed by atoms with Crippen LogP contribution in [-0.2, 0) is 6.54 Å². The van der Waals surface area contributed by atoms with Gasteiger partial charge in [-0.2, -0.15) is 0 Å². The van der Waals surface area contributed by atoms with E-state index in [9.17, 15) is 0 Å². The van der Waals surface area contributed by atoms with E-state index in [1.807, 2.05) is 19.2 Å². The summed E-state index contributed by atoms with van der Waals surface area (Å²) in [6.45, 7) is 6.56. The van der Waals surface area contributed by atoms with Gasteiger partial charge in [-0.05, 0) is 38.1 Å². The number of rotatable bonds is 6. The van der Waals surface area contributed by atoms with Crippen molar-refractivity contribution >= 4 is 5.82 Å². The van der Waals surface area contributed by atoms with E-state index < -0.39 is 0 Å². The Morgan fingerprint density at radius 2 is 2.12 bits per heavy atom. The van der Waals surface area contributed by atoms with Crippen molar-refractivity contribution in [3.63, 3.8) is 0 Å². The van der Waals surface area contributed by atoms with Crippen molar-refractivity contribution in [3.05, 3.63) is 23.9 Å². The molecule has 0 atom stereocenters. The summed E-state index contributed by atoms with van der Waals surface area (Å²) in [7, 11) is 4.05. The van der Waals surface area contributed by atoms with E-state index in [2.05, 4.69) is 42.2 Å². The van der Waals surface area contributed by atoms with Gasteiger partial charge in [-0.25, -0.2) is 4.98 Å². The molecule has 0 saturated carbocycles. The molecule has 1 aromatic heterocycles. The Hall–Kier alpha value is -1.09. The van der Waals surface area contributed by atoms with Crippen molar-refractivity contribution < 1.29 is 0 Å². The molecule has 90 valence electrons. The van der Waals surface area contributed by atoms with Crippen LogP contribution in [0.15, 0.2) is 18.2 Å². The second kappa shape index (κ2) is 6.48. The van der Waals surface area contributed by atoms with Crippen molar-refractivity contribution in [2.45, 2.75) is 26.8 Å². The number of pyridine rings is 1. The summed E-state index contributed by atoms with van der Waals surface area (Å²) in [6, 6.07) is 6.11. The Kier molecular flexibility index (Phi) is 5.26. The molecule has 1 aromatic rings. The highest BCUT2D eigenvalue weighted by Crippen LogP contribution is 2.07. The van der Waals surface area contributed by atoms with E-state index in [-0.39, 0.29) is 0 Å². The summed E-state index contributed by atoms with van der Waals surface area (Å²) in [5.74, 6) is 1.70. The van der Waals surface area contributed by atoms with Crippen LogP contribution in [0.25, 0.3) is 0 Å². The van der Waals surface area contributed by atoms with Gasteiger partial charge in [-0.1, -0.05) is 19.9 Å². The average Bonchev–Trinajstić information content (AvgIpc) is 2.26. The molecule has 3 nitrogen and oxygen atoms in total. The lowest BCUT2D eigenvalue weighted by molar-refractivity contribution is 0.300. The van der Waals surface area contributed by atoms with Gasteiger partial charge >= 0.3 is 0 Å². The first-order valence-corrected chi connectivity index (χ1v) is 5.94. The molecule has 3 heteroatoms. The predicted octanol–water partition coefficient (Wildman–Crippen LogP) is 2.60. The normalized spacial score (nSPS) is 11.1. The molecule has 0 aliphatic rings. The Morgan fingerprint density at radius 3 is 2.75 bits per heavy atom. The van der Waals surface area contributed by atoms with Crippen molar-refractivity contribution in [2.75, 3.05) is 26.0 Å². The average molecular weight is 221 g/mol. The van der Waals surface area contributed by atoms with Crippen molar-refractivity contribution in [1.29, 1.82) is 0 Å². The summed E-state index contributed by atoms with van der Waals surface area (Å²) in [5.41, 5.74) is 1.12. The maximum absolute atomic E-state index is 4.51. The molecular formula is C13H23N3. The Labute approximate surface area is 98.9 Å². The monoisotopic (exact) mass is 221 g/mol. The predicted molar refractivity (Wildman–Crippen MR) is 69.6 cm³/mol. The third-order valence-corrected chi connectivity index (χ3v) is 2.58. The van der Waals surface area contributed by atoms with E-state index in [0.29, 0.717) is 0 Å². The molecule has 0 spiro atoms. The third-order valence-electron chi connectivity index (χ3n) is 2.58. The van der Waals surface area contributed by atoms with E-state index >= 15 is 0 Å². The molecular weight excluding hydrogens is 198 g/mol. The first-order valence-electron chi connectivity index (χ1n) is 5.94. The zero-order valence-corrected chi connectivity index (χ0v) is 10.8. The zero-order chi connectivity index (χ0) is 12.0. The van der Waals surface area contributed by atoms with Gasteiger partial charge in [0.15, 0.2) is 0 Å². The van der Waals surface area contributed by atoms with Crippen LogP contribution in [0, 0.1) is 5.92 Å². The standard InChI is InChI=1S/C13H23N3/c1-11(2)8-9-16(4)10-12-6-5-7-13(14-3)15-12/h5-7,11H,8-10H2,1-4H3,(H,14,15). The van der Waals surface area contributed by atoms with Gasteiger partial charge in [0.2, 0.25) is 0 Å². The molecule has 0 unspecified atom stereocenters. The summed E-state index contributed by atoms with van der Waals surface area (Å²) in [5, 5.41) is 3.06. The van der Waals surface area contributed by atoms with Crippen molar-refractivity contribution in [1.82, 2.24) is 9.88 Å². The van der Waals surface area contributed by atoms with E-state index in [1.165, 1.54) is 6.42 Å². The zero-order valence-electron chi connectivity index (χ0n) is 10.8. The van der Waals surface area contributed by atoms with Gasteiger partial charge in [0.05, 0.1) is 5.69 Å². The number of nitrogens with zero attached hydrogens (tertiary/aromatic N) is 2. The Balaban J connectivity index is 2.45. The molecule has 0 aliphatic heterocycles. The highest BCUT2D eigenvalue weighted by Gasteiger charge is 2.03. The highest BCUT2D eigenvalue weighted by molar-refractivity contribution is 5.34. The van der Waals surface area contributed by atoms with Gasteiger partial charge < -0.3 is 10.2 Å². The summed E-state index contributed by atoms with van der Waals surface area (Å²) >= 11 is 0. The van der Waals surface area contributed by atoms with Gasteiger partial charge in [0.1, 0.15) is 5.82 Å². The molecule has 0 aromatic carbocycles. The van der Waals surface area contributed by atoms with Crippen LogP contribution < -0.4 is 5.32 Å². The lowest BCUT2D eigenvalue weighted by Crippen LogP contribution is -2.21. The van der Waals surface area contributed by atoms with Gasteiger partial charge in [0.25, 0.3) is 0 Å². The number of aromatic nitrogens is 1. The summed E-state index contributed by atoms with van der Waals surface area (Å²) in [4.78, 5) is 6.83. The van der Waals surface area contributed by atoms with Crippen LogP contribution in [0.4, 0.5) is 5.82 Å². The van der Waals surface area contributed by atoms with Crippen LogP contribution in [0.5, 0.6) is 0 Å². The van der Waals surface area contributed by atoms with E-state index in [4.69, 9.17) is 0 Å². The number of hydrogen-bond donors (Lipinski definition) is 1.